The zero-order valence-electron chi connectivity index (χ0n) is 6.94. The lowest BCUT2D eigenvalue weighted by atomic mass is 10.3. The minimum atomic E-state index is -0.526. The summed E-state index contributed by atoms with van der Waals surface area (Å²) >= 11 is 0. The normalized spacial score (nSPS) is 12.7. The molecule has 0 fully saturated rings. The lowest BCUT2D eigenvalue weighted by molar-refractivity contribution is 0.0589. The van der Waals surface area contributed by atoms with Gasteiger partial charge in [-0.2, -0.15) is 0 Å². The van der Waals surface area contributed by atoms with Crippen LogP contribution in [-0.4, -0.2) is 24.9 Å². The molecule has 1 aromatic rings. The Balaban J connectivity index is 2.47. The average Bonchev–Trinajstić information content (AvgIpc) is 2.63. The number of hydrogen-bond acceptors (Lipinski definition) is 5. The maximum absolute atomic E-state index is 11.2. The highest BCUT2D eigenvalue weighted by Crippen LogP contribution is 2.33. The van der Waals surface area contributed by atoms with E-state index in [1.54, 1.807) is 6.07 Å². The number of aromatic nitrogens is 1. The first kappa shape index (κ1) is 7.85. The van der Waals surface area contributed by atoms with E-state index in [2.05, 4.69) is 9.72 Å². The second-order valence-electron chi connectivity index (χ2n) is 2.38. The second-order valence-corrected chi connectivity index (χ2v) is 2.38. The summed E-state index contributed by atoms with van der Waals surface area (Å²) in [6.07, 6.45) is 1.47. The topological polar surface area (TPSA) is 57.7 Å². The second kappa shape index (κ2) is 2.93. The highest BCUT2D eigenvalue weighted by atomic mass is 16.7. The van der Waals surface area contributed by atoms with Gasteiger partial charge in [0.25, 0.3) is 0 Å². The molecule has 1 aliphatic heterocycles. The summed E-state index contributed by atoms with van der Waals surface area (Å²) in [5.74, 6) is 0.354. The number of hydrogen-bond donors (Lipinski definition) is 0. The van der Waals surface area contributed by atoms with E-state index in [1.165, 1.54) is 13.3 Å². The molecule has 2 heterocycles. The molecule has 0 atom stereocenters. The Morgan fingerprint density at radius 3 is 3.23 bits per heavy atom. The monoisotopic (exact) mass is 181 g/mol. The number of esters is 1. The maximum Gasteiger partial charge on any atom is 0.360 e. The molecule has 0 radical (unpaired) electrons. The maximum atomic E-state index is 11.2. The van der Waals surface area contributed by atoms with E-state index in [-0.39, 0.29) is 12.5 Å². The molecule has 13 heavy (non-hydrogen) atoms. The van der Waals surface area contributed by atoms with Crippen molar-refractivity contribution in [2.45, 2.75) is 0 Å². The van der Waals surface area contributed by atoms with Gasteiger partial charge in [0.2, 0.25) is 6.79 Å². The summed E-state index contributed by atoms with van der Waals surface area (Å²) in [7, 11) is 1.29. The number of rotatable bonds is 1. The van der Waals surface area contributed by atoms with Gasteiger partial charge in [-0.3, -0.25) is 0 Å². The Morgan fingerprint density at radius 2 is 2.46 bits per heavy atom. The van der Waals surface area contributed by atoms with Gasteiger partial charge in [0.1, 0.15) is 0 Å². The van der Waals surface area contributed by atoms with Crippen LogP contribution in [-0.2, 0) is 4.74 Å². The number of methoxy groups -OCH3 is 1. The van der Waals surface area contributed by atoms with Crippen molar-refractivity contribution in [2.75, 3.05) is 13.9 Å². The molecule has 1 aromatic heterocycles. The lowest BCUT2D eigenvalue weighted by Crippen LogP contribution is -2.05. The van der Waals surface area contributed by atoms with Crippen LogP contribution in [0.25, 0.3) is 0 Å². The third kappa shape index (κ3) is 1.18. The SMILES string of the molecule is COC(=O)c1nccc2c1OCO2. The fraction of sp³-hybridized carbons (Fsp3) is 0.250. The zero-order chi connectivity index (χ0) is 9.26. The minimum absolute atomic E-state index is 0.116. The molecule has 0 N–H and O–H groups in total. The molecular weight excluding hydrogens is 174 g/mol. The first-order valence-corrected chi connectivity index (χ1v) is 3.66. The van der Waals surface area contributed by atoms with Crippen molar-refractivity contribution in [3.63, 3.8) is 0 Å². The standard InChI is InChI=1S/C8H7NO4/c1-11-8(10)6-7-5(2-3-9-6)12-4-13-7/h2-3H,4H2,1H3. The lowest BCUT2D eigenvalue weighted by Gasteiger charge is -2.01. The number of carbonyl (C=O) groups is 1. The van der Waals surface area contributed by atoms with E-state index in [0.29, 0.717) is 11.5 Å². The van der Waals surface area contributed by atoms with Gasteiger partial charge in [-0.05, 0) is 0 Å². The van der Waals surface area contributed by atoms with Gasteiger partial charge in [-0.25, -0.2) is 9.78 Å². The third-order valence-corrected chi connectivity index (χ3v) is 1.66. The van der Waals surface area contributed by atoms with Gasteiger partial charge in [-0.15, -0.1) is 0 Å². The number of carbonyl (C=O) groups excluding carboxylic acids is 1. The Kier molecular flexibility index (Phi) is 1.77. The summed E-state index contributed by atoms with van der Waals surface area (Å²) in [6.45, 7) is 0.116. The third-order valence-electron chi connectivity index (χ3n) is 1.66. The molecule has 5 heteroatoms. The first-order chi connectivity index (χ1) is 6.33. The molecule has 0 saturated heterocycles. The van der Waals surface area contributed by atoms with Crippen molar-refractivity contribution < 1.29 is 19.0 Å². The molecule has 0 spiro atoms. The molecule has 0 aromatic carbocycles. The molecule has 0 bridgehead atoms. The molecule has 0 aliphatic carbocycles. The minimum Gasteiger partial charge on any atom is -0.464 e. The van der Waals surface area contributed by atoms with Crippen LogP contribution < -0.4 is 9.47 Å². The highest BCUT2D eigenvalue weighted by molar-refractivity contribution is 5.91. The van der Waals surface area contributed by atoms with Crippen LogP contribution in [0.15, 0.2) is 12.3 Å². The zero-order valence-corrected chi connectivity index (χ0v) is 6.94. The number of pyridine rings is 1. The van der Waals surface area contributed by atoms with Gasteiger partial charge in [0, 0.05) is 12.3 Å². The Bertz CT molecular complexity index is 350. The van der Waals surface area contributed by atoms with Crippen molar-refractivity contribution in [1.29, 1.82) is 0 Å². The van der Waals surface area contributed by atoms with Gasteiger partial charge >= 0.3 is 5.97 Å². The number of fused-ring (bicyclic) bond motifs is 1. The number of nitrogens with zero attached hydrogens (tertiary/aromatic N) is 1. The Hall–Kier alpha value is -1.78. The molecule has 1 aliphatic rings. The van der Waals surface area contributed by atoms with Crippen molar-refractivity contribution in [3.05, 3.63) is 18.0 Å². The van der Waals surface area contributed by atoms with Gasteiger partial charge in [-0.1, -0.05) is 0 Å². The van der Waals surface area contributed by atoms with Crippen LogP contribution in [0, 0.1) is 0 Å². The van der Waals surface area contributed by atoms with Crippen LogP contribution in [0.5, 0.6) is 11.5 Å². The molecule has 2 rings (SSSR count). The van der Waals surface area contributed by atoms with E-state index >= 15 is 0 Å². The number of ether oxygens (including phenoxy) is 3. The van der Waals surface area contributed by atoms with E-state index in [1.807, 2.05) is 0 Å². The van der Waals surface area contributed by atoms with Crippen molar-refractivity contribution in [1.82, 2.24) is 4.98 Å². The fourth-order valence-corrected chi connectivity index (χ4v) is 1.08. The molecular formula is C8H7NO4. The predicted octanol–water partition coefficient (Wildman–Crippen LogP) is 0.597. The first-order valence-electron chi connectivity index (χ1n) is 3.66. The van der Waals surface area contributed by atoms with Crippen molar-refractivity contribution in [2.24, 2.45) is 0 Å². The molecule has 0 saturated carbocycles. The van der Waals surface area contributed by atoms with Crippen LogP contribution in [0.1, 0.15) is 10.5 Å². The van der Waals surface area contributed by atoms with Crippen LogP contribution in [0.4, 0.5) is 0 Å². The summed E-state index contributed by atoms with van der Waals surface area (Å²) in [5, 5.41) is 0. The van der Waals surface area contributed by atoms with Crippen LogP contribution >= 0.6 is 0 Å². The summed E-state index contributed by atoms with van der Waals surface area (Å²) in [5.41, 5.74) is 0.150. The largest absolute Gasteiger partial charge is 0.464 e. The summed E-state index contributed by atoms with van der Waals surface area (Å²) in [6, 6.07) is 1.63. The Labute approximate surface area is 74.2 Å². The van der Waals surface area contributed by atoms with Gasteiger partial charge in [0.05, 0.1) is 7.11 Å². The smallest absolute Gasteiger partial charge is 0.360 e. The van der Waals surface area contributed by atoms with E-state index in [0.717, 1.165) is 0 Å². The van der Waals surface area contributed by atoms with E-state index < -0.39 is 5.97 Å². The van der Waals surface area contributed by atoms with Crippen molar-refractivity contribution in [3.8, 4) is 11.5 Å². The van der Waals surface area contributed by atoms with E-state index in [4.69, 9.17) is 9.47 Å². The van der Waals surface area contributed by atoms with E-state index in [9.17, 15) is 4.79 Å². The Morgan fingerprint density at radius 1 is 1.62 bits per heavy atom. The van der Waals surface area contributed by atoms with Crippen LogP contribution in [0.2, 0.25) is 0 Å². The molecule has 5 nitrogen and oxygen atoms in total. The molecule has 68 valence electrons. The van der Waals surface area contributed by atoms with Crippen molar-refractivity contribution >= 4 is 5.97 Å². The van der Waals surface area contributed by atoms with Crippen LogP contribution in [0.3, 0.4) is 0 Å². The summed E-state index contributed by atoms with van der Waals surface area (Å²) in [4.78, 5) is 15.0. The summed E-state index contributed by atoms with van der Waals surface area (Å²) < 4.78 is 14.7. The van der Waals surface area contributed by atoms with Gasteiger partial charge in [0.15, 0.2) is 17.2 Å². The predicted molar refractivity (Wildman–Crippen MR) is 41.7 cm³/mol. The average molecular weight is 181 g/mol. The molecule has 0 unspecified atom stereocenters. The molecule has 0 amide bonds. The van der Waals surface area contributed by atoms with Gasteiger partial charge < -0.3 is 14.2 Å². The highest BCUT2D eigenvalue weighted by Gasteiger charge is 2.23. The quantitative estimate of drug-likeness (QED) is 0.593. The fourth-order valence-electron chi connectivity index (χ4n) is 1.08.